The topological polar surface area (TPSA) is 76.4 Å². The Kier molecular flexibility index (Phi) is 5.68. The molecule has 0 spiro atoms. The largest absolute Gasteiger partial charge is 0.497 e. The van der Waals surface area contributed by atoms with E-state index in [4.69, 9.17) is 21.4 Å². The maximum absolute atomic E-state index is 12.4. The van der Waals surface area contributed by atoms with Crippen molar-refractivity contribution in [2.45, 2.75) is 13.8 Å². The van der Waals surface area contributed by atoms with E-state index in [2.05, 4.69) is 21.7 Å². The van der Waals surface area contributed by atoms with Crippen LogP contribution in [0, 0.1) is 13.8 Å². The average Bonchev–Trinajstić information content (AvgIpc) is 3.18. The lowest BCUT2D eigenvalue weighted by Gasteiger charge is -2.10. The Morgan fingerprint density at radius 3 is 2.58 bits per heavy atom. The van der Waals surface area contributed by atoms with Gasteiger partial charge < -0.3 is 14.5 Å². The third kappa shape index (κ3) is 4.57. The van der Waals surface area contributed by atoms with E-state index >= 15 is 0 Å². The van der Waals surface area contributed by atoms with E-state index in [-0.39, 0.29) is 11.0 Å². The van der Waals surface area contributed by atoms with Crippen LogP contribution in [-0.4, -0.2) is 23.1 Å². The molecule has 3 aromatic carbocycles. The summed E-state index contributed by atoms with van der Waals surface area (Å²) in [5.41, 5.74) is 5.80. The first-order valence-electron chi connectivity index (χ1n) is 9.67. The van der Waals surface area contributed by atoms with Crippen LogP contribution >= 0.6 is 12.2 Å². The molecule has 156 valence electrons. The lowest BCUT2D eigenvalue weighted by Crippen LogP contribution is -2.34. The molecule has 31 heavy (non-hydrogen) atoms. The third-order valence-corrected chi connectivity index (χ3v) is 4.97. The smallest absolute Gasteiger partial charge is 0.257 e. The minimum atomic E-state index is -0.305. The van der Waals surface area contributed by atoms with Gasteiger partial charge >= 0.3 is 0 Å². The molecule has 0 saturated heterocycles. The van der Waals surface area contributed by atoms with Crippen LogP contribution in [0.1, 0.15) is 21.5 Å². The number of carbonyl (C=O) groups is 1. The summed E-state index contributed by atoms with van der Waals surface area (Å²) >= 11 is 5.30. The zero-order valence-corrected chi connectivity index (χ0v) is 18.2. The fraction of sp³-hybridized carbons (Fsp3) is 0.125. The van der Waals surface area contributed by atoms with Crippen molar-refractivity contribution in [3.8, 4) is 17.2 Å². The number of methoxy groups -OCH3 is 1. The molecule has 1 heterocycles. The van der Waals surface area contributed by atoms with Crippen molar-refractivity contribution in [2.24, 2.45) is 0 Å². The highest BCUT2D eigenvalue weighted by molar-refractivity contribution is 7.80. The van der Waals surface area contributed by atoms with Crippen molar-refractivity contribution in [1.82, 2.24) is 10.3 Å². The van der Waals surface area contributed by atoms with Gasteiger partial charge in [-0.15, -0.1) is 0 Å². The van der Waals surface area contributed by atoms with Gasteiger partial charge in [0.05, 0.1) is 7.11 Å². The molecule has 4 rings (SSSR count). The van der Waals surface area contributed by atoms with Gasteiger partial charge in [0.15, 0.2) is 10.7 Å². The van der Waals surface area contributed by atoms with Crippen LogP contribution < -0.4 is 15.4 Å². The van der Waals surface area contributed by atoms with Crippen LogP contribution in [0.15, 0.2) is 65.1 Å². The van der Waals surface area contributed by atoms with Gasteiger partial charge in [0.2, 0.25) is 5.89 Å². The molecule has 0 atom stereocenters. The molecule has 7 heteroatoms. The predicted octanol–water partition coefficient (Wildman–Crippen LogP) is 5.25. The Hall–Kier alpha value is -3.71. The minimum absolute atomic E-state index is 0.196. The first-order valence-corrected chi connectivity index (χ1v) is 10.1. The predicted molar refractivity (Wildman–Crippen MR) is 126 cm³/mol. The molecule has 4 aromatic rings. The van der Waals surface area contributed by atoms with Crippen molar-refractivity contribution < 1.29 is 13.9 Å². The number of nitrogens with zero attached hydrogens (tertiary/aromatic N) is 1. The first-order chi connectivity index (χ1) is 14.9. The van der Waals surface area contributed by atoms with E-state index < -0.39 is 0 Å². The second-order valence-corrected chi connectivity index (χ2v) is 7.57. The number of oxazole rings is 1. The standard InChI is InChI=1S/C24H21N3O3S/c1-14-11-15(2)21-20(12-14)26-23(30-21)17-5-4-6-18(13-17)25-24(31)27-22(28)16-7-9-19(29-3)10-8-16/h4-13H,1-3H3,(H2,25,27,28,31). The molecule has 2 N–H and O–H groups in total. The third-order valence-electron chi connectivity index (χ3n) is 4.77. The van der Waals surface area contributed by atoms with E-state index in [9.17, 15) is 4.79 Å². The Morgan fingerprint density at radius 2 is 1.84 bits per heavy atom. The number of thiocarbonyl (C=S) groups is 1. The molecular formula is C24H21N3O3S. The molecule has 0 bridgehead atoms. The summed E-state index contributed by atoms with van der Waals surface area (Å²) in [6.07, 6.45) is 0. The van der Waals surface area contributed by atoms with Gasteiger partial charge in [-0.25, -0.2) is 4.98 Å². The highest BCUT2D eigenvalue weighted by Gasteiger charge is 2.12. The number of ether oxygens (including phenoxy) is 1. The van der Waals surface area contributed by atoms with Gasteiger partial charge in [-0.3, -0.25) is 10.1 Å². The van der Waals surface area contributed by atoms with Crippen LogP contribution in [-0.2, 0) is 0 Å². The highest BCUT2D eigenvalue weighted by atomic mass is 32.1. The number of aromatic nitrogens is 1. The molecule has 6 nitrogen and oxygen atoms in total. The van der Waals surface area contributed by atoms with E-state index in [1.165, 1.54) is 0 Å². The van der Waals surface area contributed by atoms with Crippen LogP contribution in [0.4, 0.5) is 5.69 Å². The van der Waals surface area contributed by atoms with Gasteiger partial charge in [0, 0.05) is 16.8 Å². The zero-order valence-electron chi connectivity index (χ0n) is 17.4. The Bertz CT molecular complexity index is 1280. The fourth-order valence-electron chi connectivity index (χ4n) is 3.31. The van der Waals surface area contributed by atoms with E-state index in [1.807, 2.05) is 44.2 Å². The van der Waals surface area contributed by atoms with Gasteiger partial charge in [-0.1, -0.05) is 12.1 Å². The Balaban J connectivity index is 1.48. The molecule has 1 aromatic heterocycles. The summed E-state index contributed by atoms with van der Waals surface area (Å²) in [6, 6.07) is 18.4. The molecule has 0 radical (unpaired) electrons. The number of carbonyl (C=O) groups excluding carboxylic acids is 1. The molecule has 0 unspecified atom stereocenters. The van der Waals surface area contributed by atoms with Crippen molar-refractivity contribution in [1.29, 1.82) is 0 Å². The van der Waals surface area contributed by atoms with E-state index in [0.717, 1.165) is 27.8 Å². The Labute approximate surface area is 185 Å². The number of hydrogen-bond donors (Lipinski definition) is 2. The van der Waals surface area contributed by atoms with Crippen LogP contribution in [0.2, 0.25) is 0 Å². The summed E-state index contributed by atoms with van der Waals surface area (Å²) in [5, 5.41) is 5.91. The van der Waals surface area contributed by atoms with Gasteiger partial charge in [-0.05, 0) is 85.7 Å². The summed E-state index contributed by atoms with van der Waals surface area (Å²) in [5.74, 6) is 0.903. The van der Waals surface area contributed by atoms with E-state index in [1.54, 1.807) is 31.4 Å². The first kappa shape index (κ1) is 20.6. The number of aryl methyl sites for hydroxylation is 2. The molecule has 0 aliphatic heterocycles. The van der Waals surface area contributed by atoms with Crippen molar-refractivity contribution >= 4 is 40.0 Å². The van der Waals surface area contributed by atoms with Crippen LogP contribution in [0.5, 0.6) is 5.75 Å². The number of fused-ring (bicyclic) bond motifs is 1. The molecule has 0 aliphatic rings. The maximum Gasteiger partial charge on any atom is 0.257 e. The highest BCUT2D eigenvalue weighted by Crippen LogP contribution is 2.28. The molecular weight excluding hydrogens is 410 g/mol. The number of benzene rings is 3. The van der Waals surface area contributed by atoms with Crippen LogP contribution in [0.25, 0.3) is 22.6 Å². The lowest BCUT2D eigenvalue weighted by molar-refractivity contribution is 0.0977. The summed E-state index contributed by atoms with van der Waals surface area (Å²) in [6.45, 7) is 4.04. The van der Waals surface area contributed by atoms with Crippen LogP contribution in [0.3, 0.4) is 0 Å². The molecule has 0 aliphatic carbocycles. The second-order valence-electron chi connectivity index (χ2n) is 7.17. The summed E-state index contributed by atoms with van der Waals surface area (Å²) < 4.78 is 11.1. The number of amides is 1. The van der Waals surface area contributed by atoms with Crippen molar-refractivity contribution in [3.63, 3.8) is 0 Å². The number of nitrogens with one attached hydrogen (secondary N) is 2. The molecule has 0 fully saturated rings. The number of rotatable bonds is 4. The number of hydrogen-bond acceptors (Lipinski definition) is 5. The lowest BCUT2D eigenvalue weighted by atomic mass is 10.1. The van der Waals surface area contributed by atoms with Crippen molar-refractivity contribution in [2.75, 3.05) is 12.4 Å². The van der Waals surface area contributed by atoms with Crippen molar-refractivity contribution in [3.05, 3.63) is 77.4 Å². The zero-order chi connectivity index (χ0) is 22.0. The summed E-state index contributed by atoms with van der Waals surface area (Å²) in [7, 11) is 1.57. The monoisotopic (exact) mass is 431 g/mol. The quantitative estimate of drug-likeness (QED) is 0.430. The average molecular weight is 432 g/mol. The maximum atomic E-state index is 12.4. The van der Waals surface area contributed by atoms with Gasteiger partial charge in [0.25, 0.3) is 5.91 Å². The number of anilines is 1. The second kappa shape index (κ2) is 8.57. The van der Waals surface area contributed by atoms with Gasteiger partial charge in [0.1, 0.15) is 11.3 Å². The molecule has 0 saturated carbocycles. The normalized spacial score (nSPS) is 10.7. The minimum Gasteiger partial charge on any atom is -0.497 e. The van der Waals surface area contributed by atoms with E-state index in [0.29, 0.717) is 22.9 Å². The van der Waals surface area contributed by atoms with Gasteiger partial charge in [-0.2, -0.15) is 0 Å². The summed E-state index contributed by atoms with van der Waals surface area (Å²) in [4.78, 5) is 17.0. The molecule has 1 amide bonds. The SMILES string of the molecule is COc1ccc(C(=O)NC(=S)Nc2cccc(-c3nc4cc(C)cc(C)c4o3)c2)cc1. The fourth-order valence-corrected chi connectivity index (χ4v) is 3.52. The Morgan fingerprint density at radius 1 is 1.06 bits per heavy atom.